The van der Waals surface area contributed by atoms with Crippen LogP contribution in [0.3, 0.4) is 0 Å². The second kappa shape index (κ2) is 7.99. The number of ketones is 2. The number of hydrogen-bond donors (Lipinski definition) is 2. The summed E-state index contributed by atoms with van der Waals surface area (Å²) in [5.41, 5.74) is -1.08. The summed E-state index contributed by atoms with van der Waals surface area (Å²) in [6.07, 6.45) is 1.91. The molecule has 0 aromatic heterocycles. The first-order valence-electron chi connectivity index (χ1n) is 12.9. The molecule has 0 bridgehead atoms. The molecule has 0 heterocycles. The van der Waals surface area contributed by atoms with Crippen molar-refractivity contribution in [3.8, 4) is 0 Å². The van der Waals surface area contributed by atoms with Gasteiger partial charge in [0.2, 0.25) is 0 Å². The first-order valence-corrected chi connectivity index (χ1v) is 12.9. The monoisotopic (exact) mass is 474 g/mol. The minimum absolute atomic E-state index is 0.0410. The molecule has 34 heavy (non-hydrogen) atoms. The maximum atomic E-state index is 14.0. The highest BCUT2D eigenvalue weighted by molar-refractivity contribution is 6.05. The van der Waals surface area contributed by atoms with Crippen molar-refractivity contribution < 1.29 is 29.3 Å². The van der Waals surface area contributed by atoms with Crippen molar-refractivity contribution in [2.45, 2.75) is 98.7 Å². The van der Waals surface area contributed by atoms with Crippen LogP contribution in [0.15, 0.2) is 11.1 Å². The largest absolute Gasteiger partial charge is 0.469 e. The van der Waals surface area contributed by atoms with E-state index in [4.69, 9.17) is 4.74 Å². The number of esters is 1. The van der Waals surface area contributed by atoms with Gasteiger partial charge in [0, 0.05) is 24.8 Å². The first-order chi connectivity index (χ1) is 15.7. The van der Waals surface area contributed by atoms with Gasteiger partial charge in [-0.15, -0.1) is 0 Å². The van der Waals surface area contributed by atoms with Gasteiger partial charge >= 0.3 is 5.97 Å². The number of methoxy groups -OCH3 is 1. The van der Waals surface area contributed by atoms with Gasteiger partial charge < -0.3 is 14.9 Å². The van der Waals surface area contributed by atoms with Gasteiger partial charge in [0.25, 0.3) is 0 Å². The standard InChI is InChI=1S/C28H42O6/c1-15(8-9-22(33)34-7)16-12-21(32)28(6)24-17(29)13-19-25(2,3)20(31)10-11-26(19,4)23(24)18(30)14-27(16,28)5/h15-17,19-20,29,31H,8-14H2,1-7H3/t15?,16-,17?,19+,20?,26+,27-,28+/m1/s1. The van der Waals surface area contributed by atoms with Gasteiger partial charge in [-0.1, -0.05) is 34.6 Å². The van der Waals surface area contributed by atoms with Crippen molar-refractivity contribution in [1.29, 1.82) is 0 Å². The Morgan fingerprint density at radius 1 is 1.15 bits per heavy atom. The lowest BCUT2D eigenvalue weighted by Crippen LogP contribution is -2.60. The fourth-order valence-electron chi connectivity index (χ4n) is 8.75. The molecule has 6 nitrogen and oxygen atoms in total. The molecular formula is C28H42O6. The molecule has 4 aliphatic carbocycles. The van der Waals surface area contributed by atoms with E-state index in [1.807, 2.05) is 20.8 Å². The van der Waals surface area contributed by atoms with Gasteiger partial charge in [-0.2, -0.15) is 0 Å². The summed E-state index contributed by atoms with van der Waals surface area (Å²) in [5.74, 6) is -0.139. The smallest absolute Gasteiger partial charge is 0.305 e. The number of ether oxygens (including phenoxy) is 1. The van der Waals surface area contributed by atoms with E-state index in [1.165, 1.54) is 7.11 Å². The molecule has 0 radical (unpaired) electrons. The van der Waals surface area contributed by atoms with Crippen molar-refractivity contribution in [1.82, 2.24) is 0 Å². The fourth-order valence-corrected chi connectivity index (χ4v) is 8.75. The molecule has 3 unspecified atom stereocenters. The molecular weight excluding hydrogens is 432 g/mol. The highest BCUT2D eigenvalue weighted by Crippen LogP contribution is 2.70. The summed E-state index contributed by atoms with van der Waals surface area (Å²) < 4.78 is 4.81. The van der Waals surface area contributed by atoms with E-state index in [0.29, 0.717) is 43.3 Å². The number of fused-ring (bicyclic) bond motifs is 4. The Labute approximate surface area is 203 Å². The SMILES string of the molecule is COC(=O)CCC(C)[C@H]1CC(=O)[C@@]2(C)C3=C(C(=O)C[C@]12C)[C@@]1(C)CCC(O)C(C)(C)[C@@H]1CC3O. The predicted molar refractivity (Wildman–Crippen MR) is 128 cm³/mol. The number of hydrogen-bond acceptors (Lipinski definition) is 6. The number of allylic oxidation sites excluding steroid dienone is 1. The second-order valence-electron chi connectivity index (χ2n) is 12.9. The van der Waals surface area contributed by atoms with Gasteiger partial charge in [0.05, 0.1) is 24.7 Å². The lowest BCUT2D eigenvalue weighted by molar-refractivity contribution is -0.143. The first kappa shape index (κ1) is 25.6. The number of aliphatic hydroxyl groups excluding tert-OH is 2. The quantitative estimate of drug-likeness (QED) is 0.597. The van der Waals surface area contributed by atoms with Crippen LogP contribution in [-0.4, -0.2) is 47.1 Å². The molecule has 8 atom stereocenters. The Morgan fingerprint density at radius 3 is 2.41 bits per heavy atom. The number of aliphatic hydroxyl groups is 2. The lowest BCUT2D eigenvalue weighted by Gasteiger charge is -2.61. The zero-order valence-corrected chi connectivity index (χ0v) is 21.9. The normalized spacial score (nSPS) is 44.3. The molecule has 4 aliphatic rings. The summed E-state index contributed by atoms with van der Waals surface area (Å²) in [5, 5.41) is 22.3. The summed E-state index contributed by atoms with van der Waals surface area (Å²) in [6.45, 7) is 12.3. The molecule has 0 aromatic carbocycles. The summed E-state index contributed by atoms with van der Waals surface area (Å²) >= 11 is 0. The van der Waals surface area contributed by atoms with Crippen molar-refractivity contribution in [2.24, 2.45) is 39.4 Å². The van der Waals surface area contributed by atoms with E-state index in [9.17, 15) is 24.6 Å². The van der Waals surface area contributed by atoms with Gasteiger partial charge in [0.1, 0.15) is 5.78 Å². The second-order valence-corrected chi connectivity index (χ2v) is 12.9. The average Bonchev–Trinajstić information content (AvgIpc) is 2.97. The molecule has 4 rings (SSSR count). The maximum Gasteiger partial charge on any atom is 0.305 e. The van der Waals surface area contributed by atoms with Crippen LogP contribution < -0.4 is 0 Å². The summed E-state index contributed by atoms with van der Waals surface area (Å²) in [7, 11) is 1.38. The Balaban J connectivity index is 1.81. The zero-order valence-electron chi connectivity index (χ0n) is 21.9. The fraction of sp³-hybridized carbons (Fsp3) is 0.821. The molecule has 190 valence electrons. The van der Waals surface area contributed by atoms with E-state index in [2.05, 4.69) is 20.8 Å². The van der Waals surface area contributed by atoms with E-state index in [-0.39, 0.29) is 48.1 Å². The highest BCUT2D eigenvalue weighted by Gasteiger charge is 2.70. The third kappa shape index (κ3) is 3.16. The Kier molecular flexibility index (Phi) is 6.01. The van der Waals surface area contributed by atoms with Crippen LogP contribution >= 0.6 is 0 Å². The maximum absolute atomic E-state index is 14.0. The third-order valence-electron chi connectivity index (χ3n) is 11.1. The molecule has 2 N–H and O–H groups in total. The average molecular weight is 475 g/mol. The summed E-state index contributed by atoms with van der Waals surface area (Å²) in [6, 6.07) is 0. The number of Topliss-reactive ketones (excluding diaryl/α,β-unsaturated/α-hetero) is 2. The Hall–Kier alpha value is -1.53. The zero-order chi connectivity index (χ0) is 25.4. The van der Waals surface area contributed by atoms with Crippen molar-refractivity contribution in [3.05, 3.63) is 11.1 Å². The van der Waals surface area contributed by atoms with Crippen molar-refractivity contribution in [3.63, 3.8) is 0 Å². The van der Waals surface area contributed by atoms with Crippen LogP contribution in [0, 0.1) is 39.4 Å². The molecule has 0 amide bonds. The van der Waals surface area contributed by atoms with Crippen molar-refractivity contribution >= 4 is 17.5 Å². The van der Waals surface area contributed by atoms with Crippen LogP contribution in [-0.2, 0) is 19.1 Å². The Morgan fingerprint density at radius 2 is 1.79 bits per heavy atom. The molecule has 0 aliphatic heterocycles. The van der Waals surface area contributed by atoms with Crippen LogP contribution in [0.1, 0.15) is 86.5 Å². The molecule has 2 saturated carbocycles. The molecule has 0 spiro atoms. The van der Waals surface area contributed by atoms with Crippen LogP contribution in [0.5, 0.6) is 0 Å². The lowest BCUT2D eigenvalue weighted by atomic mass is 9.42. The van der Waals surface area contributed by atoms with E-state index in [0.717, 1.165) is 0 Å². The molecule has 2 fully saturated rings. The number of rotatable bonds is 4. The van der Waals surface area contributed by atoms with Crippen molar-refractivity contribution in [2.75, 3.05) is 7.11 Å². The van der Waals surface area contributed by atoms with Gasteiger partial charge in [0.15, 0.2) is 5.78 Å². The number of carbonyl (C=O) groups excluding carboxylic acids is 3. The van der Waals surface area contributed by atoms with Crippen LogP contribution in [0.2, 0.25) is 0 Å². The van der Waals surface area contributed by atoms with Crippen LogP contribution in [0.4, 0.5) is 0 Å². The predicted octanol–water partition coefficient (Wildman–Crippen LogP) is 4.01. The third-order valence-corrected chi connectivity index (χ3v) is 11.1. The minimum atomic E-state index is -0.909. The van der Waals surface area contributed by atoms with E-state index >= 15 is 0 Å². The Bertz CT molecular complexity index is 949. The molecule has 0 aromatic rings. The summed E-state index contributed by atoms with van der Waals surface area (Å²) in [4.78, 5) is 39.5. The highest BCUT2D eigenvalue weighted by atomic mass is 16.5. The van der Waals surface area contributed by atoms with Gasteiger partial charge in [-0.05, 0) is 72.2 Å². The van der Waals surface area contributed by atoms with Gasteiger partial charge in [-0.3, -0.25) is 14.4 Å². The number of carbonyl (C=O) groups is 3. The topological polar surface area (TPSA) is 101 Å². The van der Waals surface area contributed by atoms with Gasteiger partial charge in [-0.25, -0.2) is 0 Å². The van der Waals surface area contributed by atoms with E-state index < -0.39 is 33.9 Å². The van der Waals surface area contributed by atoms with E-state index in [1.54, 1.807) is 0 Å². The molecule has 6 heteroatoms. The molecule has 0 saturated heterocycles. The minimum Gasteiger partial charge on any atom is -0.469 e. The van der Waals surface area contributed by atoms with Crippen LogP contribution in [0.25, 0.3) is 0 Å².